The summed E-state index contributed by atoms with van der Waals surface area (Å²) < 4.78 is 1.07. The average Bonchev–Trinajstić information content (AvgIpc) is 2.75. The van der Waals surface area contributed by atoms with Crippen LogP contribution in [0.1, 0.15) is 5.56 Å². The van der Waals surface area contributed by atoms with Crippen LogP contribution in [-0.2, 0) is 0 Å². The predicted molar refractivity (Wildman–Crippen MR) is 75.3 cm³/mol. The Morgan fingerprint density at radius 2 is 1.78 bits per heavy atom. The third-order valence-corrected chi connectivity index (χ3v) is 4.13. The van der Waals surface area contributed by atoms with E-state index in [9.17, 15) is 10.2 Å². The minimum atomic E-state index is 0.290. The summed E-state index contributed by atoms with van der Waals surface area (Å²) in [5.41, 5.74) is 1.96. The number of phenols is 2. The molecular weight excluding hydrogens is 244 g/mol. The smallest absolute Gasteiger partial charge is 0.118 e. The van der Waals surface area contributed by atoms with E-state index >= 15 is 0 Å². The lowest BCUT2D eigenvalue weighted by Crippen LogP contribution is -1.76. The number of aryl methyl sites for hydroxylation is 1. The lowest BCUT2D eigenvalue weighted by atomic mass is 10.1. The fourth-order valence-corrected chi connectivity index (χ4v) is 3.06. The van der Waals surface area contributed by atoms with Crippen LogP contribution in [-0.4, -0.2) is 10.2 Å². The third-order valence-electron chi connectivity index (χ3n) is 2.98. The highest BCUT2D eigenvalue weighted by Crippen LogP contribution is 2.36. The van der Waals surface area contributed by atoms with Gasteiger partial charge in [0, 0.05) is 9.58 Å². The molecule has 0 aliphatic heterocycles. The van der Waals surface area contributed by atoms with Crippen molar-refractivity contribution in [3.8, 4) is 21.9 Å². The average molecular weight is 256 g/mol. The molecule has 0 spiro atoms. The molecule has 1 aromatic heterocycles. The molecule has 0 aliphatic rings. The van der Waals surface area contributed by atoms with E-state index in [0.717, 1.165) is 26.1 Å². The predicted octanol–water partition coefficient (Wildman–Crippen LogP) is 4.29. The molecule has 0 aliphatic carbocycles. The summed E-state index contributed by atoms with van der Waals surface area (Å²) in [6, 6.07) is 13.1. The molecule has 2 nitrogen and oxygen atoms in total. The minimum absolute atomic E-state index is 0.290. The molecule has 90 valence electrons. The van der Waals surface area contributed by atoms with E-state index in [-0.39, 0.29) is 5.75 Å². The van der Waals surface area contributed by atoms with Crippen LogP contribution in [0.4, 0.5) is 0 Å². The molecule has 0 saturated heterocycles. The van der Waals surface area contributed by atoms with E-state index in [0.29, 0.717) is 5.75 Å². The number of thiophene rings is 1. The summed E-state index contributed by atoms with van der Waals surface area (Å²) in [5.74, 6) is 0.607. The second kappa shape index (κ2) is 4.03. The van der Waals surface area contributed by atoms with Crippen molar-refractivity contribution in [3.63, 3.8) is 0 Å². The lowest BCUT2D eigenvalue weighted by Gasteiger charge is -2.01. The molecule has 1 heterocycles. The Bertz CT molecular complexity index is 728. The maximum atomic E-state index is 9.54. The molecule has 0 fully saturated rings. The molecule has 0 bridgehead atoms. The topological polar surface area (TPSA) is 40.5 Å². The Morgan fingerprint density at radius 1 is 0.944 bits per heavy atom. The second-order valence-corrected chi connectivity index (χ2v) is 5.42. The van der Waals surface area contributed by atoms with Crippen LogP contribution in [0, 0.1) is 6.92 Å². The number of rotatable bonds is 1. The van der Waals surface area contributed by atoms with Crippen LogP contribution in [0.3, 0.4) is 0 Å². The Balaban J connectivity index is 2.16. The van der Waals surface area contributed by atoms with Gasteiger partial charge in [0.1, 0.15) is 11.5 Å². The summed E-state index contributed by atoms with van der Waals surface area (Å²) in [5, 5.41) is 20.1. The van der Waals surface area contributed by atoms with Gasteiger partial charge in [-0.05, 0) is 65.9 Å². The van der Waals surface area contributed by atoms with Gasteiger partial charge in [0.05, 0.1) is 0 Å². The van der Waals surface area contributed by atoms with Gasteiger partial charge in [-0.2, -0.15) is 0 Å². The van der Waals surface area contributed by atoms with E-state index in [2.05, 4.69) is 6.07 Å². The molecule has 2 aromatic carbocycles. The van der Waals surface area contributed by atoms with E-state index in [4.69, 9.17) is 0 Å². The number of aromatic hydroxyl groups is 2. The molecule has 0 atom stereocenters. The van der Waals surface area contributed by atoms with Gasteiger partial charge >= 0.3 is 0 Å². The molecule has 3 heteroatoms. The van der Waals surface area contributed by atoms with Gasteiger partial charge in [-0.25, -0.2) is 0 Å². The zero-order chi connectivity index (χ0) is 12.7. The molecule has 0 radical (unpaired) electrons. The van der Waals surface area contributed by atoms with Crippen molar-refractivity contribution in [1.82, 2.24) is 0 Å². The van der Waals surface area contributed by atoms with Crippen molar-refractivity contribution < 1.29 is 10.2 Å². The second-order valence-electron chi connectivity index (χ2n) is 4.33. The minimum Gasteiger partial charge on any atom is -0.508 e. The maximum Gasteiger partial charge on any atom is 0.118 e. The molecule has 0 amide bonds. The van der Waals surface area contributed by atoms with Gasteiger partial charge in [-0.1, -0.05) is 0 Å². The molecule has 2 N–H and O–H groups in total. The largest absolute Gasteiger partial charge is 0.508 e. The standard InChI is InChI=1S/C15H12O2S/c1-9-6-10(3-5-13(9)17)14-7-11-2-4-12(16)8-15(11)18-14/h2-8,16-17H,1H3. The molecule has 0 unspecified atom stereocenters. The van der Waals surface area contributed by atoms with Gasteiger partial charge in [0.25, 0.3) is 0 Å². The first-order valence-electron chi connectivity index (χ1n) is 5.66. The number of hydrogen-bond donors (Lipinski definition) is 2. The van der Waals surface area contributed by atoms with E-state index in [1.165, 1.54) is 0 Å². The maximum absolute atomic E-state index is 9.54. The zero-order valence-electron chi connectivity index (χ0n) is 9.84. The number of phenolic OH excluding ortho intramolecular Hbond substituents is 2. The first-order chi connectivity index (χ1) is 8.63. The Kier molecular flexibility index (Phi) is 2.49. The van der Waals surface area contributed by atoms with Crippen LogP contribution in [0.15, 0.2) is 42.5 Å². The monoisotopic (exact) mass is 256 g/mol. The van der Waals surface area contributed by atoms with Crippen molar-refractivity contribution in [2.45, 2.75) is 6.92 Å². The summed E-state index contributed by atoms with van der Waals surface area (Å²) in [6.07, 6.45) is 0. The first kappa shape index (κ1) is 11.1. The van der Waals surface area contributed by atoms with Gasteiger partial charge in [-0.3, -0.25) is 0 Å². The highest BCUT2D eigenvalue weighted by Gasteiger charge is 2.06. The summed E-state index contributed by atoms with van der Waals surface area (Å²) in [7, 11) is 0. The van der Waals surface area contributed by atoms with Crippen LogP contribution in [0.25, 0.3) is 20.5 Å². The van der Waals surface area contributed by atoms with Crippen molar-refractivity contribution in [2.24, 2.45) is 0 Å². The summed E-state index contributed by atoms with van der Waals surface area (Å²) in [4.78, 5) is 1.14. The number of benzene rings is 2. The molecular formula is C15H12O2S. The quantitative estimate of drug-likeness (QED) is 0.682. The highest BCUT2D eigenvalue weighted by molar-refractivity contribution is 7.22. The lowest BCUT2D eigenvalue weighted by molar-refractivity contribution is 0.471. The van der Waals surface area contributed by atoms with Gasteiger partial charge in [0.2, 0.25) is 0 Å². The molecule has 3 rings (SSSR count). The zero-order valence-corrected chi connectivity index (χ0v) is 10.7. The summed E-state index contributed by atoms with van der Waals surface area (Å²) >= 11 is 1.64. The van der Waals surface area contributed by atoms with Crippen molar-refractivity contribution >= 4 is 21.4 Å². The highest BCUT2D eigenvalue weighted by atomic mass is 32.1. The van der Waals surface area contributed by atoms with E-state index in [1.54, 1.807) is 29.5 Å². The molecule has 18 heavy (non-hydrogen) atoms. The Morgan fingerprint density at radius 3 is 2.56 bits per heavy atom. The third kappa shape index (κ3) is 1.83. The van der Waals surface area contributed by atoms with Crippen LogP contribution in [0.5, 0.6) is 11.5 Å². The number of fused-ring (bicyclic) bond motifs is 1. The van der Waals surface area contributed by atoms with Crippen molar-refractivity contribution in [1.29, 1.82) is 0 Å². The Labute approximate surface area is 109 Å². The van der Waals surface area contributed by atoms with Gasteiger partial charge in [-0.15, -0.1) is 11.3 Å². The SMILES string of the molecule is Cc1cc(-c2cc3ccc(O)cc3s2)ccc1O. The van der Waals surface area contributed by atoms with Gasteiger partial charge in [0.15, 0.2) is 0 Å². The fraction of sp³-hybridized carbons (Fsp3) is 0.0667. The van der Waals surface area contributed by atoms with E-state index in [1.807, 2.05) is 25.1 Å². The van der Waals surface area contributed by atoms with Crippen molar-refractivity contribution in [2.75, 3.05) is 0 Å². The molecule has 3 aromatic rings. The van der Waals surface area contributed by atoms with Crippen molar-refractivity contribution in [3.05, 3.63) is 48.0 Å². The fourth-order valence-electron chi connectivity index (χ4n) is 1.97. The normalized spacial score (nSPS) is 10.9. The van der Waals surface area contributed by atoms with Crippen LogP contribution >= 0.6 is 11.3 Å². The van der Waals surface area contributed by atoms with Gasteiger partial charge < -0.3 is 10.2 Å². The Hall–Kier alpha value is -2.00. The van der Waals surface area contributed by atoms with E-state index < -0.39 is 0 Å². The summed E-state index contributed by atoms with van der Waals surface area (Å²) in [6.45, 7) is 1.89. The number of hydrogen-bond acceptors (Lipinski definition) is 3. The first-order valence-corrected chi connectivity index (χ1v) is 6.48. The van der Waals surface area contributed by atoms with Crippen LogP contribution in [0.2, 0.25) is 0 Å². The molecule has 0 saturated carbocycles. The van der Waals surface area contributed by atoms with Crippen LogP contribution < -0.4 is 0 Å².